The number of ether oxygens (including phenoxy) is 2. The van der Waals surface area contributed by atoms with Crippen LogP contribution in [0.2, 0.25) is 0 Å². The van der Waals surface area contributed by atoms with Crippen LogP contribution in [0.3, 0.4) is 0 Å². The lowest BCUT2D eigenvalue weighted by atomic mass is 10.1. The third-order valence-corrected chi connectivity index (χ3v) is 4.53. The number of benzene rings is 2. The second kappa shape index (κ2) is 11.9. The number of aromatic hydroxyl groups is 1. The summed E-state index contributed by atoms with van der Waals surface area (Å²) in [5.41, 5.74) is 0.644. The third kappa shape index (κ3) is 7.14. The fourth-order valence-corrected chi connectivity index (χ4v) is 2.99. The van der Waals surface area contributed by atoms with Gasteiger partial charge in [-0.1, -0.05) is 63.6 Å². The fourth-order valence-electron chi connectivity index (χ4n) is 2.99. The van der Waals surface area contributed by atoms with Gasteiger partial charge in [0.1, 0.15) is 29.4 Å². The van der Waals surface area contributed by atoms with Gasteiger partial charge in [-0.3, -0.25) is 0 Å². The molecule has 0 spiro atoms. The number of unbranched alkanes of at least 4 members (excludes halogenated alkanes) is 6. The van der Waals surface area contributed by atoms with Crippen molar-refractivity contribution >= 4 is 5.97 Å². The van der Waals surface area contributed by atoms with E-state index in [4.69, 9.17) is 9.47 Å². The van der Waals surface area contributed by atoms with E-state index >= 15 is 0 Å². The van der Waals surface area contributed by atoms with Crippen molar-refractivity contribution in [1.82, 2.24) is 0 Å². The number of hydrogen-bond acceptors (Lipinski definition) is 4. The average Bonchev–Trinajstić information content (AvgIpc) is 2.68. The molecule has 0 saturated carbocycles. The lowest BCUT2D eigenvalue weighted by molar-refractivity contribution is 0.0688. The normalized spacial score (nSPS) is 10.6. The minimum Gasteiger partial charge on any atom is -0.507 e. The molecule has 5 heteroatoms. The van der Waals surface area contributed by atoms with E-state index in [1.165, 1.54) is 50.7 Å². The predicted molar refractivity (Wildman–Crippen MR) is 109 cm³/mol. The number of carbonyl (C=O) groups is 1. The van der Waals surface area contributed by atoms with Crippen molar-refractivity contribution in [1.29, 1.82) is 0 Å². The van der Waals surface area contributed by atoms with E-state index in [0.717, 1.165) is 17.7 Å². The van der Waals surface area contributed by atoms with Gasteiger partial charge >= 0.3 is 5.97 Å². The highest BCUT2D eigenvalue weighted by molar-refractivity contribution is 5.93. The highest BCUT2D eigenvalue weighted by Gasteiger charge is 2.16. The van der Waals surface area contributed by atoms with Gasteiger partial charge in [-0.25, -0.2) is 4.79 Å². The van der Waals surface area contributed by atoms with E-state index in [-0.39, 0.29) is 23.7 Å². The van der Waals surface area contributed by atoms with Crippen LogP contribution in [-0.2, 0) is 6.61 Å². The van der Waals surface area contributed by atoms with Crippen LogP contribution >= 0.6 is 0 Å². The zero-order chi connectivity index (χ0) is 20.2. The molecular weight excluding hydrogens is 356 g/mol. The monoisotopic (exact) mass is 386 g/mol. The van der Waals surface area contributed by atoms with Crippen molar-refractivity contribution in [2.24, 2.45) is 0 Å². The first-order valence-electron chi connectivity index (χ1n) is 10.0. The molecule has 0 saturated heterocycles. The van der Waals surface area contributed by atoms with E-state index in [9.17, 15) is 15.0 Å². The lowest BCUT2D eigenvalue weighted by Crippen LogP contribution is -2.04. The maximum absolute atomic E-state index is 11.3. The van der Waals surface area contributed by atoms with E-state index < -0.39 is 5.97 Å². The predicted octanol–water partition coefficient (Wildman–Crippen LogP) is 5.80. The molecule has 0 aliphatic carbocycles. The summed E-state index contributed by atoms with van der Waals surface area (Å²) >= 11 is 0. The summed E-state index contributed by atoms with van der Waals surface area (Å²) in [5.74, 6) is -0.611. The Morgan fingerprint density at radius 1 is 0.929 bits per heavy atom. The Morgan fingerprint density at radius 2 is 1.64 bits per heavy atom. The zero-order valence-electron chi connectivity index (χ0n) is 16.5. The average molecular weight is 386 g/mol. The number of hydrogen-bond donors (Lipinski definition) is 2. The second-order valence-electron chi connectivity index (χ2n) is 6.86. The molecule has 2 rings (SSSR count). The van der Waals surface area contributed by atoms with Gasteiger partial charge in [0.15, 0.2) is 0 Å². The van der Waals surface area contributed by atoms with E-state index in [1.807, 2.05) is 24.3 Å². The maximum atomic E-state index is 11.3. The zero-order valence-corrected chi connectivity index (χ0v) is 16.5. The standard InChI is InChI=1S/C23H30O5/c1-2-3-4-5-6-7-8-15-27-19-12-9-11-18(16-19)17-28-21-14-10-13-20(24)22(21)23(25)26/h9-14,16,24H,2-8,15,17H2,1H3,(H,25,26). The molecule has 0 aliphatic heterocycles. The molecule has 0 unspecified atom stereocenters. The van der Waals surface area contributed by atoms with E-state index in [1.54, 1.807) is 6.07 Å². The molecule has 0 bridgehead atoms. The Balaban J connectivity index is 1.79. The molecule has 0 fully saturated rings. The van der Waals surface area contributed by atoms with Gasteiger partial charge in [0.2, 0.25) is 0 Å². The summed E-state index contributed by atoms with van der Waals surface area (Å²) in [6.45, 7) is 3.11. The molecule has 152 valence electrons. The topological polar surface area (TPSA) is 76.0 Å². The molecular formula is C23H30O5. The first-order chi connectivity index (χ1) is 13.6. The minimum absolute atomic E-state index is 0.141. The molecule has 2 aromatic carbocycles. The Hall–Kier alpha value is -2.69. The molecule has 28 heavy (non-hydrogen) atoms. The molecule has 2 N–H and O–H groups in total. The minimum atomic E-state index is -1.22. The number of carboxylic acids is 1. The van der Waals surface area contributed by atoms with Crippen LogP contribution in [0.4, 0.5) is 0 Å². The first kappa shape index (κ1) is 21.6. The third-order valence-electron chi connectivity index (χ3n) is 4.53. The van der Waals surface area contributed by atoms with Crippen LogP contribution in [0.1, 0.15) is 67.8 Å². The number of aromatic carboxylic acids is 1. The Morgan fingerprint density at radius 3 is 2.39 bits per heavy atom. The SMILES string of the molecule is CCCCCCCCCOc1cccc(COc2cccc(O)c2C(=O)O)c1. The summed E-state index contributed by atoms with van der Waals surface area (Å²) in [6, 6.07) is 12.0. The van der Waals surface area contributed by atoms with Crippen LogP contribution in [0, 0.1) is 0 Å². The fraction of sp³-hybridized carbons (Fsp3) is 0.435. The van der Waals surface area contributed by atoms with Gasteiger partial charge in [-0.15, -0.1) is 0 Å². The highest BCUT2D eigenvalue weighted by Crippen LogP contribution is 2.28. The summed E-state index contributed by atoms with van der Waals surface area (Å²) in [6.07, 6.45) is 8.69. The summed E-state index contributed by atoms with van der Waals surface area (Å²) < 4.78 is 11.4. The van der Waals surface area contributed by atoms with Gasteiger partial charge < -0.3 is 19.7 Å². The number of carboxylic acid groups (broad SMARTS) is 1. The quantitative estimate of drug-likeness (QED) is 0.426. The van der Waals surface area contributed by atoms with Gasteiger partial charge in [-0.05, 0) is 36.2 Å². The van der Waals surface area contributed by atoms with Crippen LogP contribution in [0.5, 0.6) is 17.2 Å². The van der Waals surface area contributed by atoms with Crippen molar-refractivity contribution in [3.8, 4) is 17.2 Å². The molecule has 0 atom stereocenters. The second-order valence-corrected chi connectivity index (χ2v) is 6.86. The molecule has 2 aromatic rings. The van der Waals surface area contributed by atoms with Crippen molar-refractivity contribution in [2.45, 2.75) is 58.5 Å². The van der Waals surface area contributed by atoms with E-state index in [0.29, 0.717) is 6.61 Å². The number of rotatable bonds is 13. The van der Waals surface area contributed by atoms with Crippen molar-refractivity contribution in [2.75, 3.05) is 6.61 Å². The Labute approximate surface area is 166 Å². The Kier molecular flexibility index (Phi) is 9.19. The largest absolute Gasteiger partial charge is 0.507 e. The van der Waals surface area contributed by atoms with Gasteiger partial charge in [0.25, 0.3) is 0 Å². The summed E-state index contributed by atoms with van der Waals surface area (Å²) in [4.78, 5) is 11.3. The van der Waals surface area contributed by atoms with Gasteiger partial charge in [0.05, 0.1) is 6.61 Å². The molecule has 0 amide bonds. The lowest BCUT2D eigenvalue weighted by Gasteiger charge is -2.11. The van der Waals surface area contributed by atoms with Crippen molar-refractivity contribution in [3.05, 3.63) is 53.6 Å². The van der Waals surface area contributed by atoms with Gasteiger partial charge in [0, 0.05) is 0 Å². The maximum Gasteiger partial charge on any atom is 0.343 e. The molecule has 0 radical (unpaired) electrons. The van der Waals surface area contributed by atoms with Crippen molar-refractivity contribution in [3.63, 3.8) is 0 Å². The van der Waals surface area contributed by atoms with Crippen LogP contribution in [0.25, 0.3) is 0 Å². The highest BCUT2D eigenvalue weighted by atomic mass is 16.5. The van der Waals surface area contributed by atoms with Crippen LogP contribution < -0.4 is 9.47 Å². The molecule has 0 aliphatic rings. The summed E-state index contributed by atoms with van der Waals surface area (Å²) in [5, 5.41) is 19.0. The summed E-state index contributed by atoms with van der Waals surface area (Å²) in [7, 11) is 0. The van der Waals surface area contributed by atoms with Crippen LogP contribution in [0.15, 0.2) is 42.5 Å². The van der Waals surface area contributed by atoms with Crippen LogP contribution in [-0.4, -0.2) is 22.8 Å². The molecule has 0 aromatic heterocycles. The Bertz CT molecular complexity index is 742. The van der Waals surface area contributed by atoms with Gasteiger partial charge in [-0.2, -0.15) is 0 Å². The smallest absolute Gasteiger partial charge is 0.343 e. The number of phenols is 1. The van der Waals surface area contributed by atoms with Crippen molar-refractivity contribution < 1.29 is 24.5 Å². The van der Waals surface area contributed by atoms with E-state index in [2.05, 4.69) is 6.92 Å². The molecule has 0 heterocycles. The molecule has 5 nitrogen and oxygen atoms in total. The first-order valence-corrected chi connectivity index (χ1v) is 10.0.